The van der Waals surface area contributed by atoms with Crippen LogP contribution in [0.5, 0.6) is 0 Å². The molecule has 2 nitrogen and oxygen atoms in total. The summed E-state index contributed by atoms with van der Waals surface area (Å²) >= 11 is 0. The van der Waals surface area contributed by atoms with E-state index in [1.807, 2.05) is 0 Å². The van der Waals surface area contributed by atoms with Crippen LogP contribution in [0.3, 0.4) is 0 Å². The molecule has 0 spiro atoms. The van der Waals surface area contributed by atoms with Crippen LogP contribution in [0.15, 0.2) is 0 Å². The van der Waals surface area contributed by atoms with Gasteiger partial charge in [0.25, 0.3) is 0 Å². The van der Waals surface area contributed by atoms with Crippen molar-refractivity contribution < 1.29 is 4.74 Å². The van der Waals surface area contributed by atoms with E-state index >= 15 is 0 Å². The van der Waals surface area contributed by atoms with Crippen LogP contribution in [0.25, 0.3) is 0 Å². The van der Waals surface area contributed by atoms with E-state index in [0.29, 0.717) is 16.9 Å². The first-order valence-corrected chi connectivity index (χ1v) is 6.16. The number of rotatable bonds is 4. The lowest BCUT2D eigenvalue weighted by molar-refractivity contribution is 0.0274. The molecular formula is C13H27NO. The molecule has 1 aliphatic rings. The van der Waals surface area contributed by atoms with E-state index in [2.05, 4.69) is 20.8 Å². The van der Waals surface area contributed by atoms with E-state index < -0.39 is 0 Å². The molecule has 1 atom stereocenters. The molecule has 1 aliphatic carbocycles. The molecule has 0 saturated heterocycles. The second-order valence-electron chi connectivity index (χ2n) is 6.12. The fraction of sp³-hybridized carbons (Fsp3) is 1.00. The Morgan fingerprint density at radius 2 is 1.73 bits per heavy atom. The van der Waals surface area contributed by atoms with E-state index in [1.165, 1.54) is 25.7 Å². The summed E-state index contributed by atoms with van der Waals surface area (Å²) in [6.07, 6.45) is 6.61. The molecule has 0 heterocycles. The van der Waals surface area contributed by atoms with Crippen LogP contribution in [0.2, 0.25) is 0 Å². The lowest BCUT2D eigenvalue weighted by Gasteiger charge is -2.44. The fourth-order valence-electron chi connectivity index (χ4n) is 2.64. The molecule has 0 bridgehead atoms. The first kappa shape index (κ1) is 13.0. The van der Waals surface area contributed by atoms with Crippen LogP contribution in [-0.4, -0.2) is 19.8 Å². The first-order valence-electron chi connectivity index (χ1n) is 6.16. The van der Waals surface area contributed by atoms with Gasteiger partial charge in [0.05, 0.1) is 6.10 Å². The lowest BCUT2D eigenvalue weighted by Crippen LogP contribution is -2.39. The second-order valence-corrected chi connectivity index (χ2v) is 6.12. The molecule has 1 unspecified atom stereocenters. The highest BCUT2D eigenvalue weighted by Crippen LogP contribution is 2.46. The van der Waals surface area contributed by atoms with Gasteiger partial charge in [-0.3, -0.25) is 0 Å². The highest BCUT2D eigenvalue weighted by Gasteiger charge is 2.38. The molecule has 0 aliphatic heterocycles. The smallest absolute Gasteiger partial charge is 0.0549 e. The molecule has 1 saturated carbocycles. The summed E-state index contributed by atoms with van der Waals surface area (Å²) < 4.78 is 5.38. The van der Waals surface area contributed by atoms with Gasteiger partial charge in [-0.1, -0.05) is 13.8 Å². The van der Waals surface area contributed by atoms with Crippen LogP contribution in [0, 0.1) is 10.8 Å². The highest BCUT2D eigenvalue weighted by molar-refractivity contribution is 4.90. The van der Waals surface area contributed by atoms with Gasteiger partial charge in [-0.2, -0.15) is 0 Å². The van der Waals surface area contributed by atoms with Crippen LogP contribution >= 0.6 is 0 Å². The minimum Gasteiger partial charge on any atom is -0.382 e. The van der Waals surface area contributed by atoms with Gasteiger partial charge < -0.3 is 10.5 Å². The van der Waals surface area contributed by atoms with Gasteiger partial charge in [0.2, 0.25) is 0 Å². The third-order valence-corrected chi connectivity index (χ3v) is 4.22. The van der Waals surface area contributed by atoms with Gasteiger partial charge >= 0.3 is 0 Å². The maximum absolute atomic E-state index is 5.97. The van der Waals surface area contributed by atoms with E-state index in [-0.39, 0.29) is 0 Å². The Labute approximate surface area is 94.6 Å². The predicted octanol–water partition coefficient (Wildman–Crippen LogP) is 2.96. The van der Waals surface area contributed by atoms with Gasteiger partial charge in [-0.05, 0) is 56.4 Å². The highest BCUT2D eigenvalue weighted by atomic mass is 16.5. The second kappa shape index (κ2) is 4.84. The average Bonchev–Trinajstić information content (AvgIpc) is 2.22. The SMILES string of the molecule is COC(C)CC1(CN)CCC(C)(C)CC1. The summed E-state index contributed by atoms with van der Waals surface area (Å²) in [6.45, 7) is 7.70. The molecule has 0 amide bonds. The molecule has 0 aromatic heterocycles. The fourth-order valence-corrected chi connectivity index (χ4v) is 2.64. The van der Waals surface area contributed by atoms with Crippen molar-refractivity contribution in [2.24, 2.45) is 16.6 Å². The zero-order chi connectivity index (χ0) is 11.5. The maximum Gasteiger partial charge on any atom is 0.0549 e. The zero-order valence-electron chi connectivity index (χ0n) is 10.8. The largest absolute Gasteiger partial charge is 0.382 e. The molecule has 0 aromatic carbocycles. The van der Waals surface area contributed by atoms with Crippen molar-refractivity contribution >= 4 is 0 Å². The van der Waals surface area contributed by atoms with Gasteiger partial charge in [-0.15, -0.1) is 0 Å². The number of nitrogens with two attached hydrogens (primary N) is 1. The van der Waals surface area contributed by atoms with E-state index in [0.717, 1.165) is 13.0 Å². The Hall–Kier alpha value is -0.0800. The van der Waals surface area contributed by atoms with E-state index in [4.69, 9.17) is 10.5 Å². The van der Waals surface area contributed by atoms with Crippen LogP contribution in [0.1, 0.15) is 52.9 Å². The van der Waals surface area contributed by atoms with Crippen molar-refractivity contribution in [1.82, 2.24) is 0 Å². The van der Waals surface area contributed by atoms with Crippen molar-refractivity contribution in [1.29, 1.82) is 0 Å². The summed E-state index contributed by atoms with van der Waals surface area (Å²) in [4.78, 5) is 0. The van der Waals surface area contributed by atoms with Gasteiger partial charge in [0, 0.05) is 7.11 Å². The van der Waals surface area contributed by atoms with Crippen molar-refractivity contribution in [3.63, 3.8) is 0 Å². The van der Waals surface area contributed by atoms with Crippen molar-refractivity contribution in [2.45, 2.75) is 59.0 Å². The van der Waals surface area contributed by atoms with Crippen molar-refractivity contribution in [2.75, 3.05) is 13.7 Å². The van der Waals surface area contributed by atoms with Gasteiger partial charge in [0.15, 0.2) is 0 Å². The van der Waals surface area contributed by atoms with Crippen LogP contribution in [-0.2, 0) is 4.74 Å². The maximum atomic E-state index is 5.97. The first-order chi connectivity index (χ1) is 6.93. The Kier molecular flexibility index (Phi) is 4.19. The summed E-state index contributed by atoms with van der Waals surface area (Å²) in [5.41, 5.74) is 6.85. The average molecular weight is 213 g/mol. The topological polar surface area (TPSA) is 35.2 Å². The summed E-state index contributed by atoms with van der Waals surface area (Å²) in [6, 6.07) is 0. The van der Waals surface area contributed by atoms with Crippen molar-refractivity contribution in [3.8, 4) is 0 Å². The number of ether oxygens (including phenoxy) is 1. The van der Waals surface area contributed by atoms with Gasteiger partial charge in [0.1, 0.15) is 0 Å². The number of hydrogen-bond donors (Lipinski definition) is 1. The number of methoxy groups -OCH3 is 1. The molecule has 1 rings (SSSR count). The molecule has 2 heteroatoms. The predicted molar refractivity (Wildman–Crippen MR) is 64.8 cm³/mol. The lowest BCUT2D eigenvalue weighted by atomic mass is 9.63. The van der Waals surface area contributed by atoms with Crippen LogP contribution in [0.4, 0.5) is 0 Å². The Morgan fingerprint density at radius 3 is 2.13 bits per heavy atom. The quantitative estimate of drug-likeness (QED) is 0.779. The van der Waals surface area contributed by atoms with E-state index in [9.17, 15) is 0 Å². The molecule has 0 aromatic rings. The summed E-state index contributed by atoms with van der Waals surface area (Å²) in [5, 5.41) is 0. The Morgan fingerprint density at radius 1 is 1.20 bits per heavy atom. The molecular weight excluding hydrogens is 186 g/mol. The van der Waals surface area contributed by atoms with Crippen LogP contribution < -0.4 is 5.73 Å². The Balaban J connectivity index is 2.56. The molecule has 1 fully saturated rings. The van der Waals surface area contributed by atoms with Crippen molar-refractivity contribution in [3.05, 3.63) is 0 Å². The van der Waals surface area contributed by atoms with E-state index in [1.54, 1.807) is 7.11 Å². The van der Waals surface area contributed by atoms with Gasteiger partial charge in [-0.25, -0.2) is 0 Å². The zero-order valence-corrected chi connectivity index (χ0v) is 10.8. The summed E-state index contributed by atoms with van der Waals surface area (Å²) in [7, 11) is 1.79. The standard InChI is InChI=1S/C13H27NO/c1-11(15-4)9-13(10-14)7-5-12(2,3)6-8-13/h11H,5-10,14H2,1-4H3. The third-order valence-electron chi connectivity index (χ3n) is 4.22. The molecule has 0 radical (unpaired) electrons. The third kappa shape index (κ3) is 3.46. The Bertz CT molecular complexity index is 191. The minimum atomic E-state index is 0.342. The monoisotopic (exact) mass is 213 g/mol. The summed E-state index contributed by atoms with van der Waals surface area (Å²) in [5.74, 6) is 0. The minimum absolute atomic E-state index is 0.342. The number of hydrogen-bond acceptors (Lipinski definition) is 2. The molecule has 2 N–H and O–H groups in total. The molecule has 90 valence electrons. The normalized spacial score (nSPS) is 26.2. The molecule has 15 heavy (non-hydrogen) atoms.